The van der Waals surface area contributed by atoms with Crippen molar-refractivity contribution >= 4 is 32.3 Å². The fourth-order valence-electron chi connectivity index (χ4n) is 2.65. The van der Waals surface area contributed by atoms with Crippen molar-refractivity contribution in [1.29, 1.82) is 0 Å². The molecule has 0 aromatic rings. The van der Waals surface area contributed by atoms with Crippen LogP contribution in [0.5, 0.6) is 0 Å². The zero-order valence-corrected chi connectivity index (χ0v) is 29.9. The van der Waals surface area contributed by atoms with Gasteiger partial charge in [0, 0.05) is 0 Å². The first-order valence-corrected chi connectivity index (χ1v) is 13.8. The zero-order chi connectivity index (χ0) is 42.4. The second kappa shape index (κ2) is 33.3. The molecule has 0 saturated carbocycles. The van der Waals surface area contributed by atoms with E-state index in [0.717, 1.165) is 0 Å². The van der Waals surface area contributed by atoms with Gasteiger partial charge >= 0.3 is 38.0 Å². The molecule has 0 saturated heterocycles. The Hall–Kier alpha value is -1.86. The number of aliphatic hydroxyl groups is 20. The summed E-state index contributed by atoms with van der Waals surface area (Å²) in [5.41, 5.74) is 0. The predicted octanol–water partition coefficient (Wildman–Crippen LogP) is -22.7. The van der Waals surface area contributed by atoms with Gasteiger partial charge in [0.05, 0.1) is 50.3 Å². The summed E-state index contributed by atoms with van der Waals surface area (Å²) in [5.74, 6) is -7.90. The second-order valence-electron chi connectivity index (χ2n) is 9.98. The van der Waals surface area contributed by atoms with Gasteiger partial charge < -0.3 is 142 Å². The summed E-state index contributed by atoms with van der Waals surface area (Å²) in [6.07, 6.45) is -32.3. The molecule has 0 bridgehead atoms. The number of carboxylic acids is 4. The molecule has 0 radical (unpaired) electrons. The summed E-state index contributed by atoms with van der Waals surface area (Å²) < 4.78 is 0. The Labute approximate surface area is 327 Å². The standard InChI is InChI=1S/4C6H12O7.B.Na/c4*7-1-2(8)3(9)4(10)5(11)6(12)13;;/h4*2-5,7-11H,1H2,(H,12,13);;/q;;;;+3;+1/p-4. The topological polar surface area (TPSA) is 565 Å². The predicted molar refractivity (Wildman–Crippen MR) is 150 cm³/mol. The quantitative estimate of drug-likeness (QED) is 0.0507. The SMILES string of the molecule is O=C([O-])C(O)C(O)C(O)C(O)CO.O=C([O-])C(O)C(O)C(O)C(O)CO.O=C([O-])C(O)C(O)C(O)C(O)CO.O=C([O-])C(O)C(O)C(O)C(O)CO.[B+3].[Na+]. The van der Waals surface area contributed by atoms with Crippen molar-refractivity contribution in [2.24, 2.45) is 0 Å². The smallest absolute Gasteiger partial charge is 0.547 e. The Bertz CT molecular complexity index is 848. The first kappa shape index (κ1) is 64.1. The van der Waals surface area contributed by atoms with E-state index in [9.17, 15) is 39.6 Å². The molecule has 312 valence electrons. The molecule has 0 aromatic heterocycles. The molecule has 0 spiro atoms. The van der Waals surface area contributed by atoms with E-state index < -0.39 is 148 Å². The Balaban J connectivity index is -0.000000140. The van der Waals surface area contributed by atoms with Gasteiger partial charge in [0.1, 0.15) is 97.7 Å². The van der Waals surface area contributed by atoms with Crippen LogP contribution in [0.2, 0.25) is 0 Å². The molecule has 16 atom stereocenters. The largest absolute Gasteiger partial charge is 3.00 e. The molecule has 0 aliphatic rings. The minimum Gasteiger partial charge on any atom is -0.547 e. The number of carbonyl (C=O) groups excluding carboxylic acids is 4. The van der Waals surface area contributed by atoms with E-state index in [2.05, 4.69) is 0 Å². The molecule has 16 unspecified atom stereocenters. The molecule has 0 amide bonds. The van der Waals surface area contributed by atoms with Gasteiger partial charge in [-0.3, -0.25) is 0 Å². The van der Waals surface area contributed by atoms with Gasteiger partial charge in [-0.2, -0.15) is 0 Å². The van der Waals surface area contributed by atoms with Crippen LogP contribution in [0, 0.1) is 0 Å². The van der Waals surface area contributed by atoms with Crippen molar-refractivity contribution < 1.29 is 171 Å². The van der Waals surface area contributed by atoms with Crippen molar-refractivity contribution in [3.05, 3.63) is 0 Å². The number of aliphatic hydroxyl groups excluding tert-OH is 20. The van der Waals surface area contributed by atoms with Crippen molar-refractivity contribution in [1.82, 2.24) is 0 Å². The number of rotatable bonds is 20. The van der Waals surface area contributed by atoms with Gasteiger partial charge in [0.2, 0.25) is 0 Å². The van der Waals surface area contributed by atoms with Crippen molar-refractivity contribution in [2.45, 2.75) is 97.7 Å². The molecule has 0 aliphatic carbocycles. The van der Waals surface area contributed by atoms with E-state index >= 15 is 0 Å². The Morgan fingerprint density at radius 2 is 0.426 bits per heavy atom. The Kier molecular flexibility index (Phi) is 39.5. The molecule has 0 rings (SSSR count). The van der Waals surface area contributed by atoms with E-state index in [4.69, 9.17) is 102 Å². The van der Waals surface area contributed by atoms with Gasteiger partial charge in [-0.25, -0.2) is 0 Å². The minimum absolute atomic E-state index is 0. The molecule has 0 aromatic carbocycles. The molecule has 20 N–H and O–H groups in total. The number of carbonyl (C=O) groups is 4. The van der Waals surface area contributed by atoms with Crippen molar-refractivity contribution in [2.75, 3.05) is 26.4 Å². The maximum absolute atomic E-state index is 9.98. The maximum atomic E-state index is 9.98. The summed E-state index contributed by atoms with van der Waals surface area (Å²) in [4.78, 5) is 39.9. The normalized spacial score (nSPS) is 19.6. The number of carboxylic acid groups (broad SMARTS) is 4. The van der Waals surface area contributed by atoms with Crippen molar-refractivity contribution in [3.63, 3.8) is 0 Å². The van der Waals surface area contributed by atoms with Crippen LogP contribution in [0.4, 0.5) is 0 Å². The first-order chi connectivity index (χ1) is 23.7. The first-order valence-electron chi connectivity index (χ1n) is 13.8. The Morgan fingerprint density at radius 1 is 0.315 bits per heavy atom. The molecule has 0 heterocycles. The average Bonchev–Trinajstić information content (AvgIpc) is 3.12. The molecular formula is C24H44BNaO28. The van der Waals surface area contributed by atoms with Gasteiger partial charge in [0.15, 0.2) is 0 Å². The zero-order valence-electron chi connectivity index (χ0n) is 27.9. The fraction of sp³-hybridized carbons (Fsp3) is 0.833. The van der Waals surface area contributed by atoms with Crippen LogP contribution in [0.1, 0.15) is 0 Å². The summed E-state index contributed by atoms with van der Waals surface area (Å²) in [6, 6.07) is 0. The van der Waals surface area contributed by atoms with Crippen LogP contribution in [0.15, 0.2) is 0 Å². The van der Waals surface area contributed by atoms with E-state index in [1.165, 1.54) is 0 Å². The van der Waals surface area contributed by atoms with E-state index in [0.29, 0.717) is 0 Å². The number of hydrogen-bond donors (Lipinski definition) is 20. The van der Waals surface area contributed by atoms with Crippen LogP contribution < -0.4 is 50.0 Å². The molecule has 0 fully saturated rings. The molecular weight excluding hydrogens is 770 g/mol. The van der Waals surface area contributed by atoms with Crippen LogP contribution >= 0.6 is 0 Å². The molecule has 30 heteroatoms. The van der Waals surface area contributed by atoms with Crippen LogP contribution in [0.3, 0.4) is 0 Å². The third-order valence-electron chi connectivity index (χ3n) is 5.98. The Morgan fingerprint density at radius 3 is 0.500 bits per heavy atom. The third-order valence-corrected chi connectivity index (χ3v) is 5.98. The van der Waals surface area contributed by atoms with Crippen molar-refractivity contribution in [3.8, 4) is 0 Å². The van der Waals surface area contributed by atoms with E-state index in [1.807, 2.05) is 0 Å². The summed E-state index contributed by atoms with van der Waals surface area (Å²) in [6.45, 7) is -3.45. The maximum Gasteiger partial charge on any atom is 3.00 e. The minimum atomic E-state index is -2.31. The second-order valence-corrected chi connectivity index (χ2v) is 9.98. The van der Waals surface area contributed by atoms with Crippen LogP contribution in [-0.4, -0.2) is 259 Å². The number of aliphatic carboxylic acids is 4. The monoisotopic (exact) mass is 814 g/mol. The fourth-order valence-corrected chi connectivity index (χ4v) is 2.65. The molecule has 28 nitrogen and oxygen atoms in total. The summed E-state index contributed by atoms with van der Waals surface area (Å²) in [7, 11) is 0. The summed E-state index contributed by atoms with van der Waals surface area (Å²) in [5, 5.41) is 214. The van der Waals surface area contributed by atoms with Gasteiger partial charge in [-0.05, 0) is 0 Å². The van der Waals surface area contributed by atoms with Crippen LogP contribution in [-0.2, 0) is 19.2 Å². The van der Waals surface area contributed by atoms with Gasteiger partial charge in [-0.15, -0.1) is 0 Å². The average molecular weight is 814 g/mol. The number of hydrogen-bond acceptors (Lipinski definition) is 28. The van der Waals surface area contributed by atoms with Gasteiger partial charge in [0.25, 0.3) is 0 Å². The summed E-state index contributed by atoms with van der Waals surface area (Å²) >= 11 is 0. The molecule has 54 heavy (non-hydrogen) atoms. The van der Waals surface area contributed by atoms with Crippen LogP contribution in [0.25, 0.3) is 0 Å². The van der Waals surface area contributed by atoms with Gasteiger partial charge in [-0.1, -0.05) is 0 Å². The van der Waals surface area contributed by atoms with E-state index in [1.54, 1.807) is 0 Å². The molecule has 0 aliphatic heterocycles. The third kappa shape index (κ3) is 24.6. The van der Waals surface area contributed by atoms with E-state index in [-0.39, 0.29) is 38.0 Å².